The van der Waals surface area contributed by atoms with Crippen molar-refractivity contribution < 1.29 is 0 Å². The summed E-state index contributed by atoms with van der Waals surface area (Å²) in [6, 6.07) is 0. The van der Waals surface area contributed by atoms with Gasteiger partial charge in [0.05, 0.1) is 0 Å². The largest absolute Gasteiger partial charge is 0.0654 e. The van der Waals surface area contributed by atoms with E-state index in [1.54, 1.807) is 0 Å². The molecule has 0 heterocycles. The van der Waals surface area contributed by atoms with Crippen molar-refractivity contribution in [2.75, 3.05) is 0 Å². The first-order chi connectivity index (χ1) is 6.35. The maximum absolute atomic E-state index is 2.45. The average Bonchev–Trinajstić information content (AvgIpc) is 2.05. The molecule has 0 rings (SSSR count). The summed E-state index contributed by atoms with van der Waals surface area (Å²) in [6.07, 6.45) is 5.32. The molecular formula is C14H30. The standard InChI is InChI=1S/C14H30/c1-8-11-12(4)14(9-2,10-3)13(5,6)7/h12H,8-11H2,1-7H3. The van der Waals surface area contributed by atoms with E-state index >= 15 is 0 Å². The average molecular weight is 198 g/mol. The van der Waals surface area contributed by atoms with Crippen LogP contribution in [-0.2, 0) is 0 Å². The van der Waals surface area contributed by atoms with Gasteiger partial charge in [0.2, 0.25) is 0 Å². The summed E-state index contributed by atoms with van der Waals surface area (Å²) in [5.74, 6) is 0.850. The first kappa shape index (κ1) is 14.0. The lowest BCUT2D eigenvalue weighted by Crippen LogP contribution is -2.40. The Morgan fingerprint density at radius 2 is 1.36 bits per heavy atom. The van der Waals surface area contributed by atoms with Crippen molar-refractivity contribution in [1.29, 1.82) is 0 Å². The van der Waals surface area contributed by atoms with Gasteiger partial charge in [-0.2, -0.15) is 0 Å². The molecule has 86 valence electrons. The van der Waals surface area contributed by atoms with Crippen molar-refractivity contribution in [1.82, 2.24) is 0 Å². The van der Waals surface area contributed by atoms with Gasteiger partial charge in [-0.3, -0.25) is 0 Å². The lowest BCUT2D eigenvalue weighted by molar-refractivity contribution is 0.00882. The van der Waals surface area contributed by atoms with Gasteiger partial charge in [-0.05, 0) is 29.6 Å². The first-order valence-electron chi connectivity index (χ1n) is 6.35. The summed E-state index contributed by atoms with van der Waals surface area (Å²) < 4.78 is 0. The van der Waals surface area contributed by atoms with E-state index in [2.05, 4.69) is 48.5 Å². The highest BCUT2D eigenvalue weighted by atomic mass is 14.5. The van der Waals surface area contributed by atoms with E-state index in [0.717, 1.165) is 5.92 Å². The summed E-state index contributed by atoms with van der Waals surface area (Å²) >= 11 is 0. The third-order valence-corrected chi connectivity index (χ3v) is 4.42. The van der Waals surface area contributed by atoms with Crippen molar-refractivity contribution in [2.24, 2.45) is 16.7 Å². The Balaban J connectivity index is 4.87. The van der Waals surface area contributed by atoms with Crippen molar-refractivity contribution in [3.8, 4) is 0 Å². The van der Waals surface area contributed by atoms with E-state index < -0.39 is 0 Å². The highest BCUT2D eigenvalue weighted by Crippen LogP contribution is 2.51. The van der Waals surface area contributed by atoms with Crippen LogP contribution in [0.3, 0.4) is 0 Å². The lowest BCUT2D eigenvalue weighted by atomic mass is 9.56. The molecule has 0 heteroatoms. The fourth-order valence-electron chi connectivity index (χ4n) is 3.46. The molecule has 0 aliphatic carbocycles. The van der Waals surface area contributed by atoms with Crippen LogP contribution in [0.5, 0.6) is 0 Å². The van der Waals surface area contributed by atoms with Crippen LogP contribution >= 0.6 is 0 Å². The maximum atomic E-state index is 2.45. The zero-order chi connectivity index (χ0) is 11.4. The zero-order valence-corrected chi connectivity index (χ0v) is 11.4. The molecular weight excluding hydrogens is 168 g/mol. The van der Waals surface area contributed by atoms with Crippen molar-refractivity contribution in [3.05, 3.63) is 0 Å². The van der Waals surface area contributed by atoms with Crippen LogP contribution in [0, 0.1) is 16.7 Å². The molecule has 0 saturated heterocycles. The second kappa shape index (κ2) is 5.19. The minimum absolute atomic E-state index is 0.436. The summed E-state index contributed by atoms with van der Waals surface area (Å²) in [4.78, 5) is 0. The molecule has 0 amide bonds. The van der Waals surface area contributed by atoms with Gasteiger partial charge in [0.15, 0.2) is 0 Å². The van der Waals surface area contributed by atoms with Gasteiger partial charge in [-0.15, -0.1) is 0 Å². The van der Waals surface area contributed by atoms with E-state index in [4.69, 9.17) is 0 Å². The Bertz CT molecular complexity index is 146. The van der Waals surface area contributed by atoms with Gasteiger partial charge in [-0.25, -0.2) is 0 Å². The molecule has 0 aromatic carbocycles. The highest BCUT2D eigenvalue weighted by molar-refractivity contribution is 4.91. The molecule has 0 saturated carbocycles. The van der Waals surface area contributed by atoms with Gasteiger partial charge in [-0.1, -0.05) is 61.3 Å². The van der Waals surface area contributed by atoms with Crippen LogP contribution in [-0.4, -0.2) is 0 Å². The molecule has 0 N–H and O–H groups in total. The maximum Gasteiger partial charge on any atom is -0.0228 e. The summed E-state index contributed by atoms with van der Waals surface area (Å²) in [5, 5.41) is 0. The molecule has 0 radical (unpaired) electrons. The molecule has 0 aromatic heterocycles. The number of rotatable bonds is 5. The molecule has 0 bridgehead atoms. The number of hydrogen-bond donors (Lipinski definition) is 0. The van der Waals surface area contributed by atoms with Crippen molar-refractivity contribution >= 4 is 0 Å². The molecule has 1 unspecified atom stereocenters. The van der Waals surface area contributed by atoms with E-state index in [1.807, 2.05) is 0 Å². The minimum atomic E-state index is 0.436. The first-order valence-corrected chi connectivity index (χ1v) is 6.35. The van der Waals surface area contributed by atoms with Crippen molar-refractivity contribution in [3.63, 3.8) is 0 Å². The molecule has 0 spiro atoms. The summed E-state index contributed by atoms with van der Waals surface area (Å²) in [7, 11) is 0. The molecule has 14 heavy (non-hydrogen) atoms. The molecule has 0 nitrogen and oxygen atoms in total. The normalized spacial score (nSPS) is 15.6. The molecule has 0 aromatic rings. The van der Waals surface area contributed by atoms with E-state index in [1.165, 1.54) is 25.7 Å². The van der Waals surface area contributed by atoms with Crippen LogP contribution < -0.4 is 0 Å². The monoisotopic (exact) mass is 198 g/mol. The molecule has 0 aliphatic rings. The Kier molecular flexibility index (Phi) is 5.19. The molecule has 1 atom stereocenters. The van der Waals surface area contributed by atoms with Gasteiger partial charge in [0.1, 0.15) is 0 Å². The fourth-order valence-corrected chi connectivity index (χ4v) is 3.46. The second-order valence-electron chi connectivity index (χ2n) is 5.80. The van der Waals surface area contributed by atoms with E-state index in [9.17, 15) is 0 Å². The predicted octanol–water partition coefficient (Wildman–Crippen LogP) is 5.28. The van der Waals surface area contributed by atoms with Crippen LogP contribution in [0.15, 0.2) is 0 Å². The topological polar surface area (TPSA) is 0 Å². The Morgan fingerprint density at radius 3 is 1.57 bits per heavy atom. The summed E-state index contributed by atoms with van der Waals surface area (Å²) in [5.41, 5.74) is 0.966. The molecule has 0 fully saturated rings. The Hall–Kier alpha value is 0. The highest BCUT2D eigenvalue weighted by Gasteiger charge is 2.42. The van der Waals surface area contributed by atoms with Gasteiger partial charge in [0, 0.05) is 0 Å². The third kappa shape index (κ3) is 2.52. The van der Waals surface area contributed by atoms with E-state index in [-0.39, 0.29) is 0 Å². The fraction of sp³-hybridized carbons (Fsp3) is 1.00. The van der Waals surface area contributed by atoms with Gasteiger partial charge >= 0.3 is 0 Å². The van der Waals surface area contributed by atoms with Crippen LogP contribution in [0.1, 0.15) is 74.1 Å². The van der Waals surface area contributed by atoms with E-state index in [0.29, 0.717) is 10.8 Å². The second-order valence-corrected chi connectivity index (χ2v) is 5.80. The molecule has 0 aliphatic heterocycles. The summed E-state index contributed by atoms with van der Waals surface area (Å²) in [6.45, 7) is 16.7. The van der Waals surface area contributed by atoms with Gasteiger partial charge in [0.25, 0.3) is 0 Å². The van der Waals surface area contributed by atoms with Crippen LogP contribution in [0.25, 0.3) is 0 Å². The van der Waals surface area contributed by atoms with Crippen LogP contribution in [0.2, 0.25) is 0 Å². The predicted molar refractivity (Wildman–Crippen MR) is 66.5 cm³/mol. The Morgan fingerprint density at radius 1 is 0.929 bits per heavy atom. The smallest absolute Gasteiger partial charge is 0.0228 e. The number of hydrogen-bond acceptors (Lipinski definition) is 0. The lowest BCUT2D eigenvalue weighted by Gasteiger charge is -2.49. The Labute approximate surface area is 91.5 Å². The van der Waals surface area contributed by atoms with Crippen molar-refractivity contribution in [2.45, 2.75) is 74.1 Å². The third-order valence-electron chi connectivity index (χ3n) is 4.42. The van der Waals surface area contributed by atoms with Crippen LogP contribution in [0.4, 0.5) is 0 Å². The quantitative estimate of drug-likeness (QED) is 0.564. The SMILES string of the molecule is CCCC(C)C(CC)(CC)C(C)(C)C. The minimum Gasteiger partial charge on any atom is -0.0654 e. The van der Waals surface area contributed by atoms with Gasteiger partial charge < -0.3 is 0 Å². The zero-order valence-electron chi connectivity index (χ0n) is 11.4.